The van der Waals surface area contributed by atoms with Crippen LogP contribution in [0.25, 0.3) is 0 Å². The molecule has 1 unspecified atom stereocenters. The summed E-state index contributed by atoms with van der Waals surface area (Å²) >= 11 is 0. The average Bonchev–Trinajstić information content (AvgIpc) is 2.65. The van der Waals surface area contributed by atoms with E-state index in [0.717, 1.165) is 5.56 Å². The van der Waals surface area contributed by atoms with Crippen molar-refractivity contribution in [1.82, 2.24) is 4.90 Å². The van der Waals surface area contributed by atoms with Gasteiger partial charge in [-0.05, 0) is 25.5 Å². The van der Waals surface area contributed by atoms with Crippen LogP contribution in [-0.2, 0) is 0 Å². The number of rotatable bonds is 1. The maximum atomic E-state index is 12.9. The standard InChI is InChI=1S/C12H14FNO/c1-9-2-4-10(5-3-9)12(15)14-7-6-11(13)8-14/h2-5,11H,6-8H2,1H3. The van der Waals surface area contributed by atoms with Crippen LogP contribution in [0.3, 0.4) is 0 Å². The van der Waals surface area contributed by atoms with Crippen molar-refractivity contribution in [1.29, 1.82) is 0 Å². The number of amides is 1. The summed E-state index contributed by atoms with van der Waals surface area (Å²) in [4.78, 5) is 13.4. The predicted octanol–water partition coefficient (Wildman–Crippen LogP) is 2.18. The zero-order valence-corrected chi connectivity index (χ0v) is 8.74. The molecule has 1 atom stereocenters. The molecule has 80 valence electrons. The van der Waals surface area contributed by atoms with Crippen molar-refractivity contribution in [2.24, 2.45) is 0 Å². The number of carbonyl (C=O) groups is 1. The van der Waals surface area contributed by atoms with Crippen LogP contribution in [0.4, 0.5) is 4.39 Å². The highest BCUT2D eigenvalue weighted by Crippen LogP contribution is 2.15. The first-order chi connectivity index (χ1) is 7.16. The van der Waals surface area contributed by atoms with E-state index in [1.165, 1.54) is 0 Å². The Labute approximate surface area is 88.7 Å². The van der Waals surface area contributed by atoms with Gasteiger partial charge in [-0.1, -0.05) is 17.7 Å². The molecule has 1 aliphatic heterocycles. The van der Waals surface area contributed by atoms with Gasteiger partial charge in [-0.25, -0.2) is 4.39 Å². The first-order valence-electron chi connectivity index (χ1n) is 5.17. The van der Waals surface area contributed by atoms with Gasteiger partial charge in [0.1, 0.15) is 6.17 Å². The lowest BCUT2D eigenvalue weighted by molar-refractivity contribution is 0.0783. The largest absolute Gasteiger partial charge is 0.336 e. The first-order valence-corrected chi connectivity index (χ1v) is 5.17. The summed E-state index contributed by atoms with van der Waals surface area (Å²) in [7, 11) is 0. The fourth-order valence-corrected chi connectivity index (χ4v) is 1.78. The fourth-order valence-electron chi connectivity index (χ4n) is 1.78. The maximum absolute atomic E-state index is 12.9. The molecule has 15 heavy (non-hydrogen) atoms. The Morgan fingerprint density at radius 3 is 2.60 bits per heavy atom. The summed E-state index contributed by atoms with van der Waals surface area (Å²) in [6, 6.07) is 7.39. The van der Waals surface area contributed by atoms with Crippen molar-refractivity contribution >= 4 is 5.91 Å². The Morgan fingerprint density at radius 1 is 1.40 bits per heavy atom. The molecular formula is C12H14FNO. The van der Waals surface area contributed by atoms with Gasteiger partial charge in [0.25, 0.3) is 5.91 Å². The quantitative estimate of drug-likeness (QED) is 0.691. The number of alkyl halides is 1. The van der Waals surface area contributed by atoms with Crippen LogP contribution in [0.5, 0.6) is 0 Å². The Morgan fingerprint density at radius 2 is 2.07 bits per heavy atom. The van der Waals surface area contributed by atoms with Gasteiger partial charge in [0, 0.05) is 12.1 Å². The van der Waals surface area contributed by atoms with Crippen LogP contribution in [0.2, 0.25) is 0 Å². The molecule has 1 fully saturated rings. The van der Waals surface area contributed by atoms with Gasteiger partial charge in [-0.2, -0.15) is 0 Å². The molecule has 1 aromatic rings. The highest BCUT2D eigenvalue weighted by molar-refractivity contribution is 5.94. The van der Waals surface area contributed by atoms with E-state index in [0.29, 0.717) is 18.5 Å². The number of hydrogen-bond acceptors (Lipinski definition) is 1. The highest BCUT2D eigenvalue weighted by Gasteiger charge is 2.26. The molecule has 0 aromatic heterocycles. The van der Waals surface area contributed by atoms with Crippen LogP contribution in [-0.4, -0.2) is 30.1 Å². The summed E-state index contributed by atoms with van der Waals surface area (Å²) in [6.45, 7) is 2.75. The monoisotopic (exact) mass is 207 g/mol. The van der Waals surface area contributed by atoms with E-state index in [2.05, 4.69) is 0 Å². The summed E-state index contributed by atoms with van der Waals surface area (Å²) < 4.78 is 12.9. The summed E-state index contributed by atoms with van der Waals surface area (Å²) in [5.74, 6) is -0.0600. The second-order valence-corrected chi connectivity index (χ2v) is 4.00. The Hall–Kier alpha value is -1.38. The molecule has 0 spiro atoms. The van der Waals surface area contributed by atoms with Crippen molar-refractivity contribution in [3.05, 3.63) is 35.4 Å². The first kappa shape index (κ1) is 10.1. The molecular weight excluding hydrogens is 193 g/mol. The Kier molecular flexibility index (Phi) is 2.71. The van der Waals surface area contributed by atoms with Gasteiger partial charge >= 0.3 is 0 Å². The Balaban J connectivity index is 2.11. The number of halogens is 1. The third kappa shape index (κ3) is 2.17. The van der Waals surface area contributed by atoms with Crippen molar-refractivity contribution in [2.45, 2.75) is 19.5 Å². The fraction of sp³-hybridized carbons (Fsp3) is 0.417. The van der Waals surface area contributed by atoms with Crippen LogP contribution < -0.4 is 0 Å². The number of hydrogen-bond donors (Lipinski definition) is 0. The van der Waals surface area contributed by atoms with E-state index < -0.39 is 6.17 Å². The molecule has 1 saturated heterocycles. The van der Waals surface area contributed by atoms with Gasteiger partial charge in [0.2, 0.25) is 0 Å². The van der Waals surface area contributed by atoms with E-state index in [1.807, 2.05) is 19.1 Å². The van der Waals surface area contributed by atoms with E-state index in [-0.39, 0.29) is 12.5 Å². The normalized spacial score (nSPS) is 20.7. The summed E-state index contributed by atoms with van der Waals surface area (Å²) in [6.07, 6.45) is -0.378. The minimum atomic E-state index is -0.848. The molecule has 1 amide bonds. The van der Waals surface area contributed by atoms with Crippen LogP contribution >= 0.6 is 0 Å². The molecule has 0 saturated carbocycles. The SMILES string of the molecule is Cc1ccc(C(=O)N2CCC(F)C2)cc1. The van der Waals surface area contributed by atoms with Crippen LogP contribution in [0.15, 0.2) is 24.3 Å². The van der Waals surface area contributed by atoms with Crippen LogP contribution in [0, 0.1) is 6.92 Å². The van der Waals surface area contributed by atoms with Crippen LogP contribution in [0.1, 0.15) is 22.3 Å². The number of benzene rings is 1. The smallest absolute Gasteiger partial charge is 0.253 e. The van der Waals surface area contributed by atoms with E-state index >= 15 is 0 Å². The molecule has 1 heterocycles. The molecule has 1 aromatic carbocycles. The second kappa shape index (κ2) is 4.01. The zero-order valence-electron chi connectivity index (χ0n) is 8.74. The molecule has 0 aliphatic carbocycles. The molecule has 0 radical (unpaired) electrons. The van der Waals surface area contributed by atoms with E-state index in [4.69, 9.17) is 0 Å². The minimum absolute atomic E-state index is 0.0600. The Bertz CT molecular complexity index is 360. The van der Waals surface area contributed by atoms with Gasteiger partial charge in [-0.3, -0.25) is 4.79 Å². The summed E-state index contributed by atoms with van der Waals surface area (Å²) in [5.41, 5.74) is 1.77. The molecule has 2 nitrogen and oxygen atoms in total. The van der Waals surface area contributed by atoms with Gasteiger partial charge in [0.15, 0.2) is 0 Å². The second-order valence-electron chi connectivity index (χ2n) is 4.00. The lowest BCUT2D eigenvalue weighted by Gasteiger charge is -2.15. The average molecular weight is 207 g/mol. The number of aryl methyl sites for hydroxylation is 1. The molecule has 2 rings (SSSR count). The highest BCUT2D eigenvalue weighted by atomic mass is 19.1. The molecule has 0 bridgehead atoms. The van der Waals surface area contributed by atoms with E-state index in [9.17, 15) is 9.18 Å². The number of carbonyl (C=O) groups excluding carboxylic acids is 1. The maximum Gasteiger partial charge on any atom is 0.253 e. The van der Waals surface area contributed by atoms with Crippen molar-refractivity contribution < 1.29 is 9.18 Å². The third-order valence-electron chi connectivity index (χ3n) is 2.72. The van der Waals surface area contributed by atoms with Crippen molar-refractivity contribution in [3.8, 4) is 0 Å². The minimum Gasteiger partial charge on any atom is -0.336 e. The van der Waals surface area contributed by atoms with Gasteiger partial charge in [0.05, 0.1) is 6.54 Å². The predicted molar refractivity (Wildman–Crippen MR) is 56.6 cm³/mol. The third-order valence-corrected chi connectivity index (χ3v) is 2.72. The van der Waals surface area contributed by atoms with Gasteiger partial charge in [-0.15, -0.1) is 0 Å². The number of likely N-dealkylation sites (tertiary alicyclic amines) is 1. The van der Waals surface area contributed by atoms with E-state index in [1.54, 1.807) is 17.0 Å². The molecule has 3 heteroatoms. The lowest BCUT2D eigenvalue weighted by Crippen LogP contribution is -2.28. The zero-order chi connectivity index (χ0) is 10.8. The number of nitrogens with zero attached hydrogens (tertiary/aromatic N) is 1. The topological polar surface area (TPSA) is 20.3 Å². The molecule has 1 aliphatic rings. The lowest BCUT2D eigenvalue weighted by atomic mass is 10.1. The van der Waals surface area contributed by atoms with Gasteiger partial charge < -0.3 is 4.90 Å². The summed E-state index contributed by atoms with van der Waals surface area (Å²) in [5, 5.41) is 0. The van der Waals surface area contributed by atoms with Crippen molar-refractivity contribution in [2.75, 3.05) is 13.1 Å². The van der Waals surface area contributed by atoms with Crippen molar-refractivity contribution in [3.63, 3.8) is 0 Å². The molecule has 0 N–H and O–H groups in total.